The van der Waals surface area contributed by atoms with Crippen LogP contribution in [0, 0.1) is 12.8 Å². The summed E-state index contributed by atoms with van der Waals surface area (Å²) in [6, 6.07) is -0.381. The minimum Gasteiger partial charge on any atom is -0.487 e. The van der Waals surface area contributed by atoms with Crippen LogP contribution in [0.3, 0.4) is 0 Å². The van der Waals surface area contributed by atoms with Crippen LogP contribution in [0.25, 0.3) is 0 Å². The number of aryl methyl sites for hydroxylation is 1. The molecule has 1 saturated heterocycles. The van der Waals surface area contributed by atoms with Crippen molar-refractivity contribution in [2.75, 3.05) is 37.6 Å². The molecule has 0 aromatic carbocycles. The predicted molar refractivity (Wildman–Crippen MR) is 104 cm³/mol. The third-order valence-electron chi connectivity index (χ3n) is 6.11. The first-order valence-corrected chi connectivity index (χ1v) is 10.2. The molecule has 12 heteroatoms. The predicted octanol–water partition coefficient (Wildman–Crippen LogP) is 2.91. The zero-order chi connectivity index (χ0) is 21.8. The first-order chi connectivity index (χ1) is 14.8. The van der Waals surface area contributed by atoms with Crippen molar-refractivity contribution in [2.45, 2.75) is 44.1 Å². The second kappa shape index (κ2) is 7.52. The summed E-state index contributed by atoms with van der Waals surface area (Å²) in [4.78, 5) is 8.07. The Hall–Kier alpha value is -2.60. The van der Waals surface area contributed by atoms with Gasteiger partial charge in [-0.1, -0.05) is 0 Å². The molecule has 2 fully saturated rings. The zero-order valence-electron chi connectivity index (χ0n) is 17.1. The number of methoxy groups -OCH3 is 1. The van der Waals surface area contributed by atoms with E-state index in [1.165, 1.54) is 0 Å². The number of aromatic nitrogens is 4. The highest BCUT2D eigenvalue weighted by atomic mass is 19.4. The lowest BCUT2D eigenvalue weighted by atomic mass is 9.89. The van der Waals surface area contributed by atoms with E-state index in [1.807, 2.05) is 6.92 Å². The van der Waals surface area contributed by atoms with Gasteiger partial charge in [-0.25, -0.2) is 9.67 Å². The molecule has 2 aliphatic heterocycles. The summed E-state index contributed by atoms with van der Waals surface area (Å²) in [6.07, 6.45) is -2.03. The number of hydrogen-bond acceptors (Lipinski definition) is 8. The molecule has 3 unspecified atom stereocenters. The van der Waals surface area contributed by atoms with Gasteiger partial charge in [-0.3, -0.25) is 0 Å². The molecule has 3 aliphatic rings. The summed E-state index contributed by atoms with van der Waals surface area (Å²) in [5.74, 6) is 0.623. The molecule has 2 N–H and O–H groups in total. The van der Waals surface area contributed by atoms with Crippen LogP contribution in [-0.2, 0) is 15.7 Å². The maximum Gasteiger partial charge on any atom is 0.421 e. The Bertz CT molecular complexity index is 980. The van der Waals surface area contributed by atoms with Crippen LogP contribution in [0.1, 0.15) is 30.1 Å². The van der Waals surface area contributed by atoms with Gasteiger partial charge in [0.2, 0.25) is 5.95 Å². The van der Waals surface area contributed by atoms with Gasteiger partial charge in [-0.05, 0) is 19.8 Å². The Balaban J connectivity index is 1.60. The SMILES string of the molecule is COC1CCC1n1nc(C)c2c1Nc1ncc(C(F)(F)F)c(n1)N[C@@H]1COCC1CO2. The quantitative estimate of drug-likeness (QED) is 0.736. The van der Waals surface area contributed by atoms with Crippen LogP contribution < -0.4 is 15.4 Å². The Morgan fingerprint density at radius 1 is 1.23 bits per heavy atom. The molecule has 1 aliphatic carbocycles. The van der Waals surface area contributed by atoms with Gasteiger partial charge in [0.1, 0.15) is 17.1 Å². The van der Waals surface area contributed by atoms with Crippen molar-refractivity contribution >= 4 is 17.6 Å². The van der Waals surface area contributed by atoms with Crippen LogP contribution >= 0.6 is 0 Å². The molecule has 168 valence electrons. The minimum atomic E-state index is -4.59. The molecule has 2 bridgehead atoms. The van der Waals surface area contributed by atoms with Crippen molar-refractivity contribution < 1.29 is 27.4 Å². The Labute approximate surface area is 176 Å². The van der Waals surface area contributed by atoms with E-state index in [0.29, 0.717) is 23.9 Å². The molecule has 2 aromatic heterocycles. The Morgan fingerprint density at radius 3 is 2.77 bits per heavy atom. The van der Waals surface area contributed by atoms with Crippen molar-refractivity contribution in [3.05, 3.63) is 17.5 Å². The number of nitrogens with zero attached hydrogens (tertiary/aromatic N) is 4. The summed E-state index contributed by atoms with van der Waals surface area (Å²) in [5.41, 5.74) is -0.258. The summed E-state index contributed by atoms with van der Waals surface area (Å²) >= 11 is 0. The smallest absolute Gasteiger partial charge is 0.421 e. The molecule has 0 radical (unpaired) electrons. The molecular formula is C19H23F3N6O3. The highest BCUT2D eigenvalue weighted by Crippen LogP contribution is 2.42. The lowest BCUT2D eigenvalue weighted by Gasteiger charge is -2.36. The molecule has 4 heterocycles. The average molecular weight is 440 g/mol. The maximum absolute atomic E-state index is 13.6. The van der Waals surface area contributed by atoms with E-state index in [1.54, 1.807) is 11.8 Å². The molecule has 31 heavy (non-hydrogen) atoms. The van der Waals surface area contributed by atoms with Gasteiger partial charge in [0.15, 0.2) is 11.6 Å². The molecule has 2 aromatic rings. The molecule has 0 amide bonds. The van der Waals surface area contributed by atoms with E-state index in [4.69, 9.17) is 14.2 Å². The number of hydrogen-bond donors (Lipinski definition) is 2. The van der Waals surface area contributed by atoms with Gasteiger partial charge < -0.3 is 24.8 Å². The fraction of sp³-hybridized carbons (Fsp3) is 0.632. The topological polar surface area (TPSA) is 95.4 Å². The average Bonchev–Trinajstić information content (AvgIpc) is 3.23. The summed E-state index contributed by atoms with van der Waals surface area (Å²) in [7, 11) is 1.65. The van der Waals surface area contributed by atoms with E-state index in [9.17, 15) is 13.2 Å². The molecule has 1 saturated carbocycles. The number of fused-ring (bicyclic) bond motifs is 4. The van der Waals surface area contributed by atoms with Crippen molar-refractivity contribution in [3.63, 3.8) is 0 Å². The second-order valence-electron chi connectivity index (χ2n) is 8.06. The molecule has 9 nitrogen and oxygen atoms in total. The lowest BCUT2D eigenvalue weighted by Crippen LogP contribution is -2.36. The van der Waals surface area contributed by atoms with Crippen LogP contribution in [0.4, 0.5) is 30.8 Å². The fourth-order valence-electron chi connectivity index (χ4n) is 4.22. The van der Waals surface area contributed by atoms with Gasteiger partial charge in [0.05, 0.1) is 38.0 Å². The molecule has 4 atom stereocenters. The number of rotatable bonds is 2. The first-order valence-electron chi connectivity index (χ1n) is 10.2. The number of anilines is 3. The van der Waals surface area contributed by atoms with Crippen LogP contribution in [0.2, 0.25) is 0 Å². The largest absolute Gasteiger partial charge is 0.487 e. The van der Waals surface area contributed by atoms with E-state index < -0.39 is 11.7 Å². The second-order valence-corrected chi connectivity index (χ2v) is 8.06. The van der Waals surface area contributed by atoms with E-state index in [0.717, 1.165) is 19.0 Å². The minimum absolute atomic E-state index is 0.00162. The lowest BCUT2D eigenvalue weighted by molar-refractivity contribution is -0.137. The summed E-state index contributed by atoms with van der Waals surface area (Å²) in [5, 5.41) is 10.6. The fourth-order valence-corrected chi connectivity index (χ4v) is 4.22. The normalized spacial score (nSPS) is 27.6. The van der Waals surface area contributed by atoms with E-state index in [-0.39, 0.29) is 49.1 Å². The third kappa shape index (κ3) is 3.57. The number of halogens is 3. The van der Waals surface area contributed by atoms with Gasteiger partial charge >= 0.3 is 6.18 Å². The number of ether oxygens (including phenoxy) is 3. The van der Waals surface area contributed by atoms with Gasteiger partial charge in [-0.2, -0.15) is 23.3 Å². The number of alkyl halides is 3. The van der Waals surface area contributed by atoms with Crippen molar-refractivity contribution in [1.82, 2.24) is 19.7 Å². The van der Waals surface area contributed by atoms with Crippen LogP contribution in [0.15, 0.2) is 6.20 Å². The summed E-state index contributed by atoms with van der Waals surface area (Å²) in [6.45, 7) is 2.74. The molecular weight excluding hydrogens is 417 g/mol. The van der Waals surface area contributed by atoms with Crippen molar-refractivity contribution in [3.8, 4) is 5.75 Å². The van der Waals surface area contributed by atoms with E-state index in [2.05, 4.69) is 25.7 Å². The highest BCUT2D eigenvalue weighted by Gasteiger charge is 2.40. The molecule has 5 rings (SSSR count). The highest BCUT2D eigenvalue weighted by molar-refractivity contribution is 5.62. The standard InChI is InChI=1S/C19H23F3N6O3/c1-9-15-17(28(27-9)13-3-4-14(13)29-2)26-18-23-5-11(19(20,21)22)16(25-18)24-12-8-30-6-10(12)7-31-15/h5,10,12-14H,3-4,6-8H2,1-2H3,(H2,23,24,25,26)/t10?,12-,13?,14?/m1/s1. The Kier molecular flexibility index (Phi) is 4.93. The summed E-state index contributed by atoms with van der Waals surface area (Å²) < 4.78 is 59.6. The number of nitrogens with one attached hydrogen (secondary N) is 2. The zero-order valence-corrected chi connectivity index (χ0v) is 17.1. The van der Waals surface area contributed by atoms with E-state index >= 15 is 0 Å². The van der Waals surface area contributed by atoms with Crippen molar-refractivity contribution in [2.24, 2.45) is 5.92 Å². The Morgan fingerprint density at radius 2 is 2.06 bits per heavy atom. The van der Waals surface area contributed by atoms with Crippen LogP contribution in [-0.4, -0.2) is 58.8 Å². The monoisotopic (exact) mass is 440 g/mol. The van der Waals surface area contributed by atoms with Gasteiger partial charge in [0, 0.05) is 19.2 Å². The molecule has 0 spiro atoms. The van der Waals surface area contributed by atoms with Crippen molar-refractivity contribution in [1.29, 1.82) is 0 Å². The maximum atomic E-state index is 13.6. The van der Waals surface area contributed by atoms with Gasteiger partial charge in [0.25, 0.3) is 0 Å². The first kappa shape index (κ1) is 20.3. The third-order valence-corrected chi connectivity index (χ3v) is 6.11. The van der Waals surface area contributed by atoms with Gasteiger partial charge in [-0.15, -0.1) is 0 Å². The van der Waals surface area contributed by atoms with Crippen LogP contribution in [0.5, 0.6) is 5.75 Å².